The molecule has 36 heavy (non-hydrogen) atoms. The number of fused-ring (bicyclic) bond motifs is 5. The normalized spacial score (nSPS) is 12.2. The zero-order valence-electron chi connectivity index (χ0n) is 19.6. The van der Waals surface area contributed by atoms with Crippen LogP contribution in [-0.2, 0) is 19.6 Å². The van der Waals surface area contributed by atoms with Gasteiger partial charge in [0, 0.05) is 29.5 Å². The highest BCUT2D eigenvalue weighted by Gasteiger charge is 2.23. The zero-order valence-corrected chi connectivity index (χ0v) is 19.6. The molecule has 0 N–H and O–H groups in total. The van der Waals surface area contributed by atoms with Crippen molar-refractivity contribution >= 4 is 11.0 Å². The standard InChI is InChI=1S/C31H24O5/c32-31-30-26(25-13-11-24(18-29(25)36-31)35-20-22-9-5-2-6-10-22)15-16-33-28-17-23(12-14-27(28)30)34-19-21-7-3-1-4-8-21/h1-14,17-18H,15-16,19-20H2. The van der Waals surface area contributed by atoms with Crippen LogP contribution in [0.2, 0.25) is 0 Å². The van der Waals surface area contributed by atoms with E-state index in [-0.39, 0.29) is 5.63 Å². The summed E-state index contributed by atoms with van der Waals surface area (Å²) >= 11 is 0. The quantitative estimate of drug-likeness (QED) is 0.260. The third-order valence-corrected chi connectivity index (χ3v) is 6.32. The number of rotatable bonds is 6. The van der Waals surface area contributed by atoms with E-state index in [1.165, 1.54) is 0 Å². The maximum atomic E-state index is 13.2. The Bertz CT molecular complexity index is 1570. The van der Waals surface area contributed by atoms with Crippen LogP contribution < -0.4 is 19.8 Å². The first-order valence-electron chi connectivity index (χ1n) is 11.9. The van der Waals surface area contributed by atoms with Gasteiger partial charge in [0.25, 0.3) is 0 Å². The average Bonchev–Trinajstić information content (AvgIpc) is 3.12. The monoisotopic (exact) mass is 476 g/mol. The molecule has 0 amide bonds. The highest BCUT2D eigenvalue weighted by Crippen LogP contribution is 2.39. The van der Waals surface area contributed by atoms with Gasteiger partial charge in [-0.1, -0.05) is 60.7 Å². The Hall–Kier alpha value is -4.51. The minimum absolute atomic E-state index is 0.387. The van der Waals surface area contributed by atoms with Crippen LogP contribution in [0.1, 0.15) is 16.7 Å². The lowest BCUT2D eigenvalue weighted by Crippen LogP contribution is -2.08. The van der Waals surface area contributed by atoms with E-state index in [2.05, 4.69) is 0 Å². The Labute approximate surface area is 208 Å². The van der Waals surface area contributed by atoms with Gasteiger partial charge in [0.05, 0.1) is 12.2 Å². The molecule has 1 aromatic heterocycles. The summed E-state index contributed by atoms with van der Waals surface area (Å²) in [5.74, 6) is 1.96. The molecule has 0 spiro atoms. The van der Waals surface area contributed by atoms with Gasteiger partial charge in [-0.25, -0.2) is 4.79 Å². The van der Waals surface area contributed by atoms with E-state index in [9.17, 15) is 4.79 Å². The lowest BCUT2D eigenvalue weighted by Gasteiger charge is -2.12. The topological polar surface area (TPSA) is 57.9 Å². The Kier molecular flexibility index (Phi) is 5.88. The van der Waals surface area contributed by atoms with Crippen molar-refractivity contribution < 1.29 is 18.6 Å². The number of benzene rings is 4. The third-order valence-electron chi connectivity index (χ3n) is 6.32. The van der Waals surface area contributed by atoms with E-state index in [0.717, 1.165) is 27.6 Å². The molecule has 0 atom stereocenters. The highest BCUT2D eigenvalue weighted by atomic mass is 16.5. The fourth-order valence-corrected chi connectivity index (χ4v) is 4.53. The van der Waals surface area contributed by atoms with Crippen LogP contribution in [0.3, 0.4) is 0 Å². The molecule has 6 rings (SSSR count). The second-order valence-electron chi connectivity index (χ2n) is 8.71. The fraction of sp³-hybridized carbons (Fsp3) is 0.129. The van der Waals surface area contributed by atoms with Gasteiger partial charge in [0.15, 0.2) is 0 Å². The van der Waals surface area contributed by atoms with Gasteiger partial charge in [-0.2, -0.15) is 0 Å². The van der Waals surface area contributed by atoms with Gasteiger partial charge in [-0.05, 0) is 41.0 Å². The molecular formula is C31H24O5. The Morgan fingerprint density at radius 1 is 0.722 bits per heavy atom. The van der Waals surface area contributed by atoms with E-state index < -0.39 is 0 Å². The molecule has 0 radical (unpaired) electrons. The van der Waals surface area contributed by atoms with Crippen LogP contribution in [-0.4, -0.2) is 6.61 Å². The molecular weight excluding hydrogens is 452 g/mol. The van der Waals surface area contributed by atoms with Gasteiger partial charge in [0.1, 0.15) is 36.0 Å². The van der Waals surface area contributed by atoms with Gasteiger partial charge in [-0.3, -0.25) is 0 Å². The van der Waals surface area contributed by atoms with Crippen molar-refractivity contribution in [3.63, 3.8) is 0 Å². The molecule has 0 saturated heterocycles. The molecule has 5 heteroatoms. The lowest BCUT2D eigenvalue weighted by molar-refractivity contribution is 0.297. The Morgan fingerprint density at radius 2 is 1.36 bits per heavy atom. The summed E-state index contributed by atoms with van der Waals surface area (Å²) in [6.07, 6.45) is 0.594. The Balaban J connectivity index is 1.30. The van der Waals surface area contributed by atoms with Crippen LogP contribution in [0.15, 0.2) is 106 Å². The minimum atomic E-state index is -0.387. The summed E-state index contributed by atoms with van der Waals surface area (Å²) in [4.78, 5) is 13.2. The molecule has 1 aliphatic rings. The van der Waals surface area contributed by atoms with Gasteiger partial charge < -0.3 is 18.6 Å². The molecule has 0 bridgehead atoms. The molecule has 4 aromatic carbocycles. The average molecular weight is 477 g/mol. The molecule has 178 valence electrons. The first-order chi connectivity index (χ1) is 17.7. The van der Waals surface area contributed by atoms with Crippen molar-refractivity contribution in [1.82, 2.24) is 0 Å². The number of hydrogen-bond donors (Lipinski definition) is 0. The van der Waals surface area contributed by atoms with E-state index in [1.54, 1.807) is 6.07 Å². The second kappa shape index (κ2) is 9.62. The summed E-state index contributed by atoms with van der Waals surface area (Å²) in [5, 5.41) is 0.887. The van der Waals surface area contributed by atoms with Gasteiger partial charge in [0.2, 0.25) is 0 Å². The van der Waals surface area contributed by atoms with Crippen molar-refractivity contribution in [2.75, 3.05) is 6.61 Å². The summed E-state index contributed by atoms with van der Waals surface area (Å²) in [5.41, 5.74) is 4.46. The van der Waals surface area contributed by atoms with Crippen LogP contribution in [0.4, 0.5) is 0 Å². The van der Waals surface area contributed by atoms with Crippen LogP contribution in [0.5, 0.6) is 17.2 Å². The minimum Gasteiger partial charge on any atom is -0.492 e. The molecule has 5 nitrogen and oxygen atoms in total. The van der Waals surface area contributed by atoms with E-state index in [1.807, 2.05) is 91.0 Å². The van der Waals surface area contributed by atoms with Crippen molar-refractivity contribution in [2.24, 2.45) is 0 Å². The van der Waals surface area contributed by atoms with Crippen molar-refractivity contribution in [3.05, 3.63) is 124 Å². The van der Waals surface area contributed by atoms with Crippen LogP contribution >= 0.6 is 0 Å². The summed E-state index contributed by atoms with van der Waals surface area (Å²) < 4.78 is 23.7. The predicted molar refractivity (Wildman–Crippen MR) is 139 cm³/mol. The van der Waals surface area contributed by atoms with Crippen molar-refractivity contribution in [1.29, 1.82) is 0 Å². The summed E-state index contributed by atoms with van der Waals surface area (Å²) in [7, 11) is 0. The summed E-state index contributed by atoms with van der Waals surface area (Å²) in [6, 6.07) is 31.2. The lowest BCUT2D eigenvalue weighted by atomic mass is 9.96. The van der Waals surface area contributed by atoms with Crippen LogP contribution in [0.25, 0.3) is 22.1 Å². The number of ether oxygens (including phenoxy) is 3. The van der Waals surface area contributed by atoms with E-state index in [4.69, 9.17) is 18.6 Å². The molecule has 0 aliphatic carbocycles. The van der Waals surface area contributed by atoms with Crippen molar-refractivity contribution in [3.8, 4) is 28.4 Å². The third kappa shape index (κ3) is 4.43. The predicted octanol–water partition coefficient (Wildman–Crippen LogP) is 6.55. The Morgan fingerprint density at radius 3 is 2.06 bits per heavy atom. The van der Waals surface area contributed by atoms with Crippen molar-refractivity contribution in [2.45, 2.75) is 19.6 Å². The maximum Gasteiger partial charge on any atom is 0.344 e. The SMILES string of the molecule is O=c1oc2cc(OCc3ccccc3)ccc2c2c1-c1ccc(OCc3ccccc3)cc1OCC2. The molecule has 0 saturated carbocycles. The van der Waals surface area contributed by atoms with Crippen LogP contribution in [0, 0.1) is 0 Å². The second-order valence-corrected chi connectivity index (χ2v) is 8.71. The first kappa shape index (κ1) is 22.0. The number of hydrogen-bond acceptors (Lipinski definition) is 5. The highest BCUT2D eigenvalue weighted by molar-refractivity contribution is 5.89. The molecule has 2 heterocycles. The molecule has 5 aromatic rings. The van der Waals surface area contributed by atoms with E-state index in [0.29, 0.717) is 54.6 Å². The van der Waals surface area contributed by atoms with E-state index >= 15 is 0 Å². The fourth-order valence-electron chi connectivity index (χ4n) is 4.53. The molecule has 1 aliphatic heterocycles. The molecule has 0 fully saturated rings. The molecule has 0 unspecified atom stereocenters. The first-order valence-corrected chi connectivity index (χ1v) is 11.9. The van der Waals surface area contributed by atoms with Gasteiger partial charge >= 0.3 is 5.63 Å². The smallest absolute Gasteiger partial charge is 0.344 e. The largest absolute Gasteiger partial charge is 0.492 e. The maximum absolute atomic E-state index is 13.2. The van der Waals surface area contributed by atoms with Gasteiger partial charge in [-0.15, -0.1) is 0 Å². The zero-order chi connectivity index (χ0) is 24.3. The summed E-state index contributed by atoms with van der Waals surface area (Å²) in [6.45, 7) is 1.35.